The number of nitrogens with zero attached hydrogens (tertiary/aromatic N) is 1. The maximum atomic E-state index is 4.50. The third-order valence-electron chi connectivity index (χ3n) is 4.77. The molecular formula is C19H26N2. The molecule has 1 aliphatic rings. The van der Waals surface area contributed by atoms with Crippen LogP contribution >= 0.6 is 0 Å². The molecule has 2 heteroatoms. The van der Waals surface area contributed by atoms with Crippen molar-refractivity contribution in [3.63, 3.8) is 0 Å². The van der Waals surface area contributed by atoms with Gasteiger partial charge in [-0.3, -0.25) is 4.98 Å². The second-order valence-electron chi connectivity index (χ2n) is 6.28. The Labute approximate surface area is 128 Å². The van der Waals surface area contributed by atoms with Gasteiger partial charge in [-0.05, 0) is 42.7 Å². The number of rotatable bonds is 5. The van der Waals surface area contributed by atoms with E-state index in [0.717, 1.165) is 12.5 Å². The number of pyridine rings is 1. The molecule has 1 saturated carbocycles. The van der Waals surface area contributed by atoms with Gasteiger partial charge in [0.05, 0.1) is 0 Å². The largest absolute Gasteiger partial charge is 0.310 e. The number of hydrogen-bond donors (Lipinski definition) is 1. The Morgan fingerprint density at radius 2 is 1.95 bits per heavy atom. The summed E-state index contributed by atoms with van der Waals surface area (Å²) < 4.78 is 0. The van der Waals surface area contributed by atoms with E-state index in [9.17, 15) is 0 Å². The fourth-order valence-corrected chi connectivity index (χ4v) is 3.69. The molecule has 0 saturated heterocycles. The Balaban J connectivity index is 1.96. The van der Waals surface area contributed by atoms with Crippen molar-refractivity contribution >= 4 is 10.8 Å². The Morgan fingerprint density at radius 3 is 2.76 bits per heavy atom. The summed E-state index contributed by atoms with van der Waals surface area (Å²) in [6.45, 7) is 3.33. The van der Waals surface area contributed by atoms with Crippen molar-refractivity contribution in [3.8, 4) is 0 Å². The summed E-state index contributed by atoms with van der Waals surface area (Å²) in [6.07, 6.45) is 12.1. The molecule has 1 aromatic carbocycles. The quantitative estimate of drug-likeness (QED) is 0.847. The van der Waals surface area contributed by atoms with Crippen LogP contribution in [0.5, 0.6) is 0 Å². The molecule has 1 N–H and O–H groups in total. The number of benzene rings is 1. The molecule has 112 valence electrons. The summed E-state index contributed by atoms with van der Waals surface area (Å²) in [4.78, 5) is 4.50. The first kappa shape index (κ1) is 14.5. The Kier molecular flexibility index (Phi) is 4.87. The summed E-state index contributed by atoms with van der Waals surface area (Å²) in [5, 5.41) is 6.43. The standard InChI is InChI=1S/C19H26N2/c1-2-12-21-19(15-8-4-3-5-9-15)18-14-20-13-16-10-6-7-11-17(16)18/h6-7,10-11,13-15,19,21H,2-5,8-9,12H2,1H3. The van der Waals surface area contributed by atoms with Crippen LogP contribution < -0.4 is 5.32 Å². The smallest absolute Gasteiger partial charge is 0.0370 e. The fraction of sp³-hybridized carbons (Fsp3) is 0.526. The lowest BCUT2D eigenvalue weighted by Gasteiger charge is -2.32. The van der Waals surface area contributed by atoms with Gasteiger partial charge in [0, 0.05) is 23.8 Å². The van der Waals surface area contributed by atoms with Crippen LogP contribution in [0.1, 0.15) is 57.1 Å². The third-order valence-corrected chi connectivity index (χ3v) is 4.77. The average molecular weight is 282 g/mol. The first-order chi connectivity index (χ1) is 10.4. The summed E-state index contributed by atoms with van der Waals surface area (Å²) in [5.74, 6) is 0.762. The van der Waals surface area contributed by atoms with Crippen molar-refractivity contribution in [1.29, 1.82) is 0 Å². The second kappa shape index (κ2) is 7.04. The van der Waals surface area contributed by atoms with E-state index in [4.69, 9.17) is 0 Å². The molecule has 1 atom stereocenters. The molecule has 1 aromatic heterocycles. The first-order valence-corrected chi connectivity index (χ1v) is 8.46. The maximum absolute atomic E-state index is 4.50. The lowest BCUT2D eigenvalue weighted by atomic mass is 9.80. The average Bonchev–Trinajstić information content (AvgIpc) is 2.56. The molecule has 21 heavy (non-hydrogen) atoms. The highest BCUT2D eigenvalue weighted by atomic mass is 14.9. The highest BCUT2D eigenvalue weighted by Crippen LogP contribution is 2.36. The number of fused-ring (bicyclic) bond motifs is 1. The van der Waals surface area contributed by atoms with E-state index in [-0.39, 0.29) is 0 Å². The van der Waals surface area contributed by atoms with Crippen LogP contribution in [-0.4, -0.2) is 11.5 Å². The number of nitrogens with one attached hydrogen (secondary N) is 1. The minimum Gasteiger partial charge on any atom is -0.310 e. The van der Waals surface area contributed by atoms with Gasteiger partial charge in [0.25, 0.3) is 0 Å². The predicted octanol–water partition coefficient (Wildman–Crippen LogP) is 4.86. The van der Waals surface area contributed by atoms with E-state index < -0.39 is 0 Å². The molecule has 0 bridgehead atoms. The van der Waals surface area contributed by atoms with Crippen molar-refractivity contribution in [3.05, 3.63) is 42.2 Å². The first-order valence-electron chi connectivity index (χ1n) is 8.46. The van der Waals surface area contributed by atoms with E-state index >= 15 is 0 Å². The normalized spacial score (nSPS) is 18.0. The topological polar surface area (TPSA) is 24.9 Å². The zero-order valence-corrected chi connectivity index (χ0v) is 13.0. The molecule has 1 heterocycles. The van der Waals surface area contributed by atoms with Gasteiger partial charge >= 0.3 is 0 Å². The van der Waals surface area contributed by atoms with Gasteiger partial charge in [0.2, 0.25) is 0 Å². The molecule has 1 aliphatic carbocycles. The Bertz CT molecular complexity index is 567. The highest BCUT2D eigenvalue weighted by Gasteiger charge is 2.25. The zero-order chi connectivity index (χ0) is 14.5. The number of hydrogen-bond acceptors (Lipinski definition) is 2. The van der Waals surface area contributed by atoms with E-state index in [0.29, 0.717) is 6.04 Å². The third kappa shape index (κ3) is 3.26. The summed E-state index contributed by atoms with van der Waals surface area (Å²) in [7, 11) is 0. The molecule has 0 amide bonds. The predicted molar refractivity (Wildman–Crippen MR) is 89.4 cm³/mol. The SMILES string of the molecule is CCCNC(c1cncc2ccccc12)C1CCCCC1. The lowest BCUT2D eigenvalue weighted by Crippen LogP contribution is -2.30. The van der Waals surface area contributed by atoms with Gasteiger partial charge < -0.3 is 5.32 Å². The molecule has 3 rings (SSSR count). The monoisotopic (exact) mass is 282 g/mol. The number of aromatic nitrogens is 1. The van der Waals surface area contributed by atoms with Gasteiger partial charge in [-0.2, -0.15) is 0 Å². The summed E-state index contributed by atoms with van der Waals surface area (Å²) in [5.41, 5.74) is 1.40. The molecule has 0 spiro atoms. The van der Waals surface area contributed by atoms with Crippen molar-refractivity contribution in [2.24, 2.45) is 5.92 Å². The van der Waals surface area contributed by atoms with Crippen LogP contribution in [0.3, 0.4) is 0 Å². The van der Waals surface area contributed by atoms with E-state index in [1.807, 2.05) is 6.20 Å². The van der Waals surface area contributed by atoms with Crippen molar-refractivity contribution in [2.75, 3.05) is 6.54 Å². The minimum absolute atomic E-state index is 0.462. The van der Waals surface area contributed by atoms with Gasteiger partial charge in [-0.25, -0.2) is 0 Å². The Hall–Kier alpha value is -1.41. The molecular weight excluding hydrogens is 256 g/mol. The van der Waals surface area contributed by atoms with E-state index in [1.54, 1.807) is 0 Å². The van der Waals surface area contributed by atoms with Gasteiger partial charge in [0.1, 0.15) is 0 Å². The molecule has 1 fully saturated rings. The van der Waals surface area contributed by atoms with E-state index in [2.05, 4.69) is 47.7 Å². The Morgan fingerprint density at radius 1 is 1.14 bits per heavy atom. The van der Waals surface area contributed by atoms with Crippen LogP contribution in [0.2, 0.25) is 0 Å². The lowest BCUT2D eigenvalue weighted by molar-refractivity contribution is 0.273. The highest BCUT2D eigenvalue weighted by molar-refractivity contribution is 5.85. The molecule has 0 radical (unpaired) electrons. The van der Waals surface area contributed by atoms with Crippen molar-refractivity contribution < 1.29 is 0 Å². The van der Waals surface area contributed by atoms with Gasteiger partial charge in [-0.1, -0.05) is 50.5 Å². The summed E-state index contributed by atoms with van der Waals surface area (Å²) >= 11 is 0. The van der Waals surface area contributed by atoms with Crippen LogP contribution in [0.15, 0.2) is 36.7 Å². The fourth-order valence-electron chi connectivity index (χ4n) is 3.69. The van der Waals surface area contributed by atoms with Gasteiger partial charge in [0.15, 0.2) is 0 Å². The molecule has 1 unspecified atom stereocenters. The van der Waals surface area contributed by atoms with Crippen molar-refractivity contribution in [2.45, 2.75) is 51.5 Å². The molecule has 2 nitrogen and oxygen atoms in total. The van der Waals surface area contributed by atoms with Crippen molar-refractivity contribution in [1.82, 2.24) is 10.3 Å². The van der Waals surface area contributed by atoms with Crippen LogP contribution in [0, 0.1) is 5.92 Å². The molecule has 0 aliphatic heterocycles. The second-order valence-corrected chi connectivity index (χ2v) is 6.28. The van der Waals surface area contributed by atoms with E-state index in [1.165, 1.54) is 54.9 Å². The zero-order valence-electron chi connectivity index (χ0n) is 13.0. The minimum atomic E-state index is 0.462. The van der Waals surface area contributed by atoms with Crippen LogP contribution in [-0.2, 0) is 0 Å². The van der Waals surface area contributed by atoms with Crippen LogP contribution in [0.25, 0.3) is 10.8 Å². The maximum Gasteiger partial charge on any atom is 0.0370 e. The van der Waals surface area contributed by atoms with Crippen LogP contribution in [0.4, 0.5) is 0 Å². The van der Waals surface area contributed by atoms with Gasteiger partial charge in [-0.15, -0.1) is 0 Å². The molecule has 2 aromatic rings. The summed E-state index contributed by atoms with van der Waals surface area (Å²) in [6, 6.07) is 9.12.